The van der Waals surface area contributed by atoms with Crippen molar-refractivity contribution in [2.75, 3.05) is 18.9 Å². The summed E-state index contributed by atoms with van der Waals surface area (Å²) in [4.78, 5) is 0. The SMILES string of the molecule is CCc1ccccc1OCCOc1cc(C)ccc1N. The quantitative estimate of drug-likeness (QED) is 0.645. The first-order chi connectivity index (χ1) is 9.70. The van der Waals surface area contributed by atoms with Crippen molar-refractivity contribution in [3.05, 3.63) is 53.6 Å². The maximum absolute atomic E-state index is 5.86. The monoisotopic (exact) mass is 271 g/mol. The van der Waals surface area contributed by atoms with Crippen LogP contribution in [0.1, 0.15) is 18.1 Å². The van der Waals surface area contributed by atoms with Crippen LogP contribution in [0.5, 0.6) is 11.5 Å². The van der Waals surface area contributed by atoms with Gasteiger partial charge in [0.25, 0.3) is 0 Å². The van der Waals surface area contributed by atoms with E-state index in [1.54, 1.807) is 0 Å². The van der Waals surface area contributed by atoms with Crippen LogP contribution in [-0.2, 0) is 6.42 Å². The first-order valence-corrected chi connectivity index (χ1v) is 6.90. The predicted molar refractivity (Wildman–Crippen MR) is 82.4 cm³/mol. The highest BCUT2D eigenvalue weighted by molar-refractivity contribution is 5.53. The molecule has 0 spiro atoms. The van der Waals surface area contributed by atoms with Crippen molar-refractivity contribution < 1.29 is 9.47 Å². The first kappa shape index (κ1) is 14.3. The van der Waals surface area contributed by atoms with Crippen LogP contribution in [0.2, 0.25) is 0 Å². The fourth-order valence-corrected chi connectivity index (χ4v) is 2.01. The summed E-state index contributed by atoms with van der Waals surface area (Å²) in [6.45, 7) is 5.11. The number of para-hydroxylation sites is 1. The van der Waals surface area contributed by atoms with Gasteiger partial charge in [-0.2, -0.15) is 0 Å². The van der Waals surface area contributed by atoms with E-state index in [9.17, 15) is 0 Å². The third-order valence-corrected chi connectivity index (χ3v) is 3.12. The second-order valence-corrected chi connectivity index (χ2v) is 4.70. The molecule has 0 bridgehead atoms. The fraction of sp³-hybridized carbons (Fsp3) is 0.294. The molecule has 0 atom stereocenters. The molecule has 0 aliphatic heterocycles. The first-order valence-electron chi connectivity index (χ1n) is 6.90. The van der Waals surface area contributed by atoms with Crippen molar-refractivity contribution in [2.24, 2.45) is 0 Å². The molecule has 2 rings (SSSR count). The fourth-order valence-electron chi connectivity index (χ4n) is 2.01. The molecule has 2 N–H and O–H groups in total. The minimum Gasteiger partial charge on any atom is -0.490 e. The van der Waals surface area contributed by atoms with Crippen LogP contribution in [0.3, 0.4) is 0 Å². The zero-order valence-electron chi connectivity index (χ0n) is 12.1. The lowest BCUT2D eigenvalue weighted by Gasteiger charge is -2.12. The maximum atomic E-state index is 5.86. The Kier molecular flexibility index (Phi) is 4.88. The molecule has 20 heavy (non-hydrogen) atoms. The molecule has 0 radical (unpaired) electrons. The molecule has 0 aliphatic carbocycles. The number of hydrogen-bond donors (Lipinski definition) is 1. The number of anilines is 1. The van der Waals surface area contributed by atoms with Gasteiger partial charge in [0.2, 0.25) is 0 Å². The normalized spacial score (nSPS) is 10.3. The molecular weight excluding hydrogens is 250 g/mol. The molecule has 0 saturated heterocycles. The van der Waals surface area contributed by atoms with Crippen molar-refractivity contribution in [3.63, 3.8) is 0 Å². The highest BCUT2D eigenvalue weighted by Gasteiger charge is 2.02. The zero-order valence-corrected chi connectivity index (χ0v) is 12.1. The van der Waals surface area contributed by atoms with Gasteiger partial charge in [-0.25, -0.2) is 0 Å². The van der Waals surface area contributed by atoms with Crippen molar-refractivity contribution >= 4 is 5.69 Å². The number of ether oxygens (including phenoxy) is 2. The van der Waals surface area contributed by atoms with Crippen molar-refractivity contribution in [1.82, 2.24) is 0 Å². The Balaban J connectivity index is 1.86. The average Bonchev–Trinajstić information content (AvgIpc) is 2.47. The highest BCUT2D eigenvalue weighted by atomic mass is 16.5. The molecule has 3 heteroatoms. The Morgan fingerprint density at radius 1 is 0.950 bits per heavy atom. The smallest absolute Gasteiger partial charge is 0.142 e. The van der Waals surface area contributed by atoms with E-state index in [1.165, 1.54) is 5.56 Å². The third-order valence-electron chi connectivity index (χ3n) is 3.12. The molecule has 0 unspecified atom stereocenters. The summed E-state index contributed by atoms with van der Waals surface area (Å²) in [5.41, 5.74) is 8.86. The summed E-state index contributed by atoms with van der Waals surface area (Å²) in [5.74, 6) is 1.65. The lowest BCUT2D eigenvalue weighted by molar-refractivity contribution is 0.216. The van der Waals surface area contributed by atoms with Crippen molar-refractivity contribution in [3.8, 4) is 11.5 Å². The minimum atomic E-state index is 0.478. The van der Waals surface area contributed by atoms with E-state index in [2.05, 4.69) is 13.0 Å². The van der Waals surface area contributed by atoms with Crippen LogP contribution < -0.4 is 15.2 Å². The van der Waals surface area contributed by atoms with Gasteiger partial charge in [-0.15, -0.1) is 0 Å². The van der Waals surface area contributed by atoms with E-state index in [0.717, 1.165) is 23.5 Å². The summed E-state index contributed by atoms with van der Waals surface area (Å²) in [6.07, 6.45) is 0.960. The van der Waals surface area contributed by atoms with Gasteiger partial charge in [0.1, 0.15) is 24.7 Å². The van der Waals surface area contributed by atoms with Gasteiger partial charge in [-0.1, -0.05) is 31.2 Å². The van der Waals surface area contributed by atoms with E-state index < -0.39 is 0 Å². The molecule has 0 fully saturated rings. The third kappa shape index (κ3) is 3.67. The summed E-state index contributed by atoms with van der Waals surface area (Å²) >= 11 is 0. The summed E-state index contributed by atoms with van der Waals surface area (Å²) < 4.78 is 11.4. The Hall–Kier alpha value is -2.16. The summed E-state index contributed by atoms with van der Waals surface area (Å²) in [6, 6.07) is 13.8. The number of nitrogen functional groups attached to an aromatic ring is 1. The van der Waals surface area contributed by atoms with Gasteiger partial charge < -0.3 is 15.2 Å². The van der Waals surface area contributed by atoms with Gasteiger partial charge >= 0.3 is 0 Å². The largest absolute Gasteiger partial charge is 0.490 e. The molecule has 106 valence electrons. The van der Waals surface area contributed by atoms with Crippen molar-refractivity contribution in [1.29, 1.82) is 0 Å². The van der Waals surface area contributed by atoms with Crippen molar-refractivity contribution in [2.45, 2.75) is 20.3 Å². The van der Waals surface area contributed by atoms with Gasteiger partial charge in [-0.05, 0) is 42.7 Å². The predicted octanol–water partition coefficient (Wildman–Crippen LogP) is 3.60. The standard InChI is InChI=1S/C17H21NO2/c1-3-14-6-4-5-7-16(14)19-10-11-20-17-12-13(2)8-9-15(17)18/h4-9,12H,3,10-11,18H2,1-2H3. The van der Waals surface area contributed by atoms with Gasteiger partial charge in [0.15, 0.2) is 0 Å². The van der Waals surface area contributed by atoms with Crippen LogP contribution in [0.15, 0.2) is 42.5 Å². The van der Waals surface area contributed by atoms with E-state index >= 15 is 0 Å². The molecule has 3 nitrogen and oxygen atoms in total. The molecule has 2 aromatic carbocycles. The van der Waals surface area contributed by atoms with Gasteiger partial charge in [-0.3, -0.25) is 0 Å². The Morgan fingerprint density at radius 2 is 1.65 bits per heavy atom. The number of benzene rings is 2. The molecule has 0 aromatic heterocycles. The van der Waals surface area contributed by atoms with E-state index in [0.29, 0.717) is 18.9 Å². The van der Waals surface area contributed by atoms with Crippen LogP contribution in [-0.4, -0.2) is 13.2 Å². The maximum Gasteiger partial charge on any atom is 0.142 e. The average molecular weight is 271 g/mol. The van der Waals surface area contributed by atoms with Crippen LogP contribution in [0, 0.1) is 6.92 Å². The molecular formula is C17H21NO2. The van der Waals surface area contributed by atoms with Crippen LogP contribution in [0.25, 0.3) is 0 Å². The summed E-state index contributed by atoms with van der Waals surface area (Å²) in [5, 5.41) is 0. The molecule has 0 heterocycles. The second kappa shape index (κ2) is 6.85. The number of hydrogen-bond acceptors (Lipinski definition) is 3. The Bertz CT molecular complexity index is 567. The zero-order chi connectivity index (χ0) is 14.4. The summed E-state index contributed by atoms with van der Waals surface area (Å²) in [7, 11) is 0. The number of rotatable bonds is 6. The topological polar surface area (TPSA) is 44.5 Å². The lowest BCUT2D eigenvalue weighted by Crippen LogP contribution is -2.10. The number of aryl methyl sites for hydroxylation is 2. The van der Waals surface area contributed by atoms with Crippen LogP contribution in [0.4, 0.5) is 5.69 Å². The van der Waals surface area contributed by atoms with Gasteiger partial charge in [0, 0.05) is 0 Å². The van der Waals surface area contributed by atoms with Gasteiger partial charge in [0.05, 0.1) is 5.69 Å². The molecule has 2 aromatic rings. The highest BCUT2D eigenvalue weighted by Crippen LogP contribution is 2.22. The molecule has 0 amide bonds. The second-order valence-electron chi connectivity index (χ2n) is 4.70. The molecule has 0 saturated carbocycles. The minimum absolute atomic E-state index is 0.478. The molecule has 0 aliphatic rings. The number of nitrogens with two attached hydrogens (primary N) is 1. The lowest BCUT2D eigenvalue weighted by atomic mass is 10.1. The van der Waals surface area contributed by atoms with E-state index in [4.69, 9.17) is 15.2 Å². The Labute approximate surface area is 120 Å². The van der Waals surface area contributed by atoms with E-state index in [1.807, 2.05) is 43.3 Å². The Morgan fingerprint density at radius 3 is 2.40 bits per heavy atom. The van der Waals surface area contributed by atoms with E-state index in [-0.39, 0.29) is 0 Å². The van der Waals surface area contributed by atoms with Crippen LogP contribution >= 0.6 is 0 Å².